The standard InChI is InChI=1S/C25H20N6/c1-17-6-4-7-18(12-17)21-9-5-10-22-23(21)25(29-15-20-8-2-3-11-28-20)31-24(30-22)19-13-26-16-27-14-19/h2-14,16H,15H2,1H3,(H,29,30,31). The van der Waals surface area contributed by atoms with Gasteiger partial charge in [-0.15, -0.1) is 0 Å². The predicted molar refractivity (Wildman–Crippen MR) is 122 cm³/mol. The minimum Gasteiger partial charge on any atom is -0.364 e. The van der Waals surface area contributed by atoms with Crippen LogP contribution in [0, 0.1) is 6.92 Å². The van der Waals surface area contributed by atoms with Crippen LogP contribution in [-0.2, 0) is 6.54 Å². The van der Waals surface area contributed by atoms with E-state index in [1.807, 2.05) is 30.3 Å². The molecule has 6 heteroatoms. The Balaban J connectivity index is 1.69. The number of nitrogens with zero attached hydrogens (tertiary/aromatic N) is 5. The summed E-state index contributed by atoms with van der Waals surface area (Å²) in [6, 6.07) is 20.5. The number of rotatable bonds is 5. The zero-order valence-corrected chi connectivity index (χ0v) is 17.0. The Labute approximate surface area is 180 Å². The third-order valence-corrected chi connectivity index (χ3v) is 5.03. The molecule has 0 saturated heterocycles. The summed E-state index contributed by atoms with van der Waals surface area (Å²) < 4.78 is 0. The summed E-state index contributed by atoms with van der Waals surface area (Å²) in [7, 11) is 0. The van der Waals surface area contributed by atoms with E-state index in [0.29, 0.717) is 12.4 Å². The molecule has 0 aliphatic heterocycles. The molecule has 0 amide bonds. The Bertz CT molecular complexity index is 1340. The Morgan fingerprint density at radius 2 is 1.71 bits per heavy atom. The van der Waals surface area contributed by atoms with Crippen molar-refractivity contribution >= 4 is 16.7 Å². The van der Waals surface area contributed by atoms with E-state index in [9.17, 15) is 0 Å². The van der Waals surface area contributed by atoms with Crippen LogP contribution in [-0.4, -0.2) is 24.9 Å². The van der Waals surface area contributed by atoms with E-state index in [1.54, 1.807) is 18.6 Å². The SMILES string of the molecule is Cc1cccc(-c2cccc3nc(-c4cncnc4)nc(NCc4ccccn4)c23)c1. The molecule has 0 bridgehead atoms. The summed E-state index contributed by atoms with van der Waals surface area (Å²) >= 11 is 0. The van der Waals surface area contributed by atoms with Gasteiger partial charge in [0.1, 0.15) is 12.1 Å². The van der Waals surface area contributed by atoms with Crippen molar-refractivity contribution < 1.29 is 0 Å². The van der Waals surface area contributed by atoms with E-state index in [-0.39, 0.29) is 0 Å². The van der Waals surface area contributed by atoms with E-state index in [4.69, 9.17) is 9.97 Å². The smallest absolute Gasteiger partial charge is 0.165 e. The van der Waals surface area contributed by atoms with Crippen molar-refractivity contribution in [3.63, 3.8) is 0 Å². The molecule has 0 fully saturated rings. The van der Waals surface area contributed by atoms with Gasteiger partial charge in [-0.3, -0.25) is 4.98 Å². The maximum absolute atomic E-state index is 4.86. The number of aromatic nitrogens is 5. The summed E-state index contributed by atoms with van der Waals surface area (Å²) in [4.78, 5) is 22.3. The van der Waals surface area contributed by atoms with Crippen LogP contribution in [0.5, 0.6) is 0 Å². The first-order valence-corrected chi connectivity index (χ1v) is 10.0. The van der Waals surface area contributed by atoms with Crippen LogP contribution in [0.1, 0.15) is 11.3 Å². The first kappa shape index (κ1) is 18.8. The second kappa shape index (κ2) is 8.28. The maximum atomic E-state index is 4.86. The van der Waals surface area contributed by atoms with Gasteiger partial charge in [0.15, 0.2) is 5.82 Å². The number of aryl methyl sites for hydroxylation is 1. The van der Waals surface area contributed by atoms with Crippen LogP contribution in [0.4, 0.5) is 5.82 Å². The second-order valence-electron chi connectivity index (χ2n) is 7.27. The fraction of sp³-hybridized carbons (Fsp3) is 0.0800. The van der Waals surface area contributed by atoms with Crippen molar-refractivity contribution in [1.29, 1.82) is 0 Å². The molecule has 6 nitrogen and oxygen atoms in total. The first-order valence-electron chi connectivity index (χ1n) is 10.0. The van der Waals surface area contributed by atoms with Gasteiger partial charge in [-0.05, 0) is 36.2 Å². The van der Waals surface area contributed by atoms with Crippen molar-refractivity contribution in [1.82, 2.24) is 24.9 Å². The maximum Gasteiger partial charge on any atom is 0.165 e. The molecule has 150 valence electrons. The summed E-state index contributed by atoms with van der Waals surface area (Å²) in [5.74, 6) is 1.34. The average Bonchev–Trinajstić information content (AvgIpc) is 2.83. The van der Waals surface area contributed by atoms with Crippen molar-refractivity contribution in [2.75, 3.05) is 5.32 Å². The second-order valence-corrected chi connectivity index (χ2v) is 7.27. The van der Waals surface area contributed by atoms with E-state index in [1.165, 1.54) is 11.9 Å². The lowest BCUT2D eigenvalue weighted by atomic mass is 9.99. The fourth-order valence-corrected chi connectivity index (χ4v) is 3.58. The molecule has 5 rings (SSSR count). The van der Waals surface area contributed by atoms with Crippen molar-refractivity contribution in [2.24, 2.45) is 0 Å². The monoisotopic (exact) mass is 404 g/mol. The van der Waals surface area contributed by atoms with E-state index in [0.717, 1.165) is 39.1 Å². The van der Waals surface area contributed by atoms with Gasteiger partial charge in [0.2, 0.25) is 0 Å². The molecule has 5 aromatic rings. The molecule has 1 N–H and O–H groups in total. The average molecular weight is 404 g/mol. The molecule has 0 unspecified atom stereocenters. The first-order chi connectivity index (χ1) is 15.3. The van der Waals surface area contributed by atoms with E-state index < -0.39 is 0 Å². The van der Waals surface area contributed by atoms with E-state index in [2.05, 4.69) is 57.5 Å². The highest BCUT2D eigenvalue weighted by Gasteiger charge is 2.14. The quantitative estimate of drug-likeness (QED) is 0.441. The number of hydrogen-bond donors (Lipinski definition) is 1. The normalized spacial score (nSPS) is 10.9. The van der Waals surface area contributed by atoms with Crippen LogP contribution in [0.2, 0.25) is 0 Å². The lowest BCUT2D eigenvalue weighted by molar-refractivity contribution is 1.03. The molecule has 0 spiro atoms. The lowest BCUT2D eigenvalue weighted by Gasteiger charge is -2.14. The van der Waals surface area contributed by atoms with Gasteiger partial charge in [-0.1, -0.05) is 48.0 Å². The Morgan fingerprint density at radius 3 is 2.52 bits per heavy atom. The van der Waals surface area contributed by atoms with Crippen LogP contribution in [0.15, 0.2) is 85.6 Å². The summed E-state index contributed by atoms with van der Waals surface area (Å²) in [5, 5.41) is 4.46. The number of pyridine rings is 1. The van der Waals surface area contributed by atoms with Crippen molar-refractivity contribution in [3.8, 4) is 22.5 Å². The number of nitrogens with one attached hydrogen (secondary N) is 1. The molecule has 0 saturated carbocycles. The molecule has 3 heterocycles. The summed E-state index contributed by atoms with van der Waals surface area (Å²) in [6.45, 7) is 2.65. The van der Waals surface area contributed by atoms with Crippen LogP contribution < -0.4 is 5.32 Å². The van der Waals surface area contributed by atoms with Gasteiger partial charge < -0.3 is 5.32 Å². The number of anilines is 1. The molecule has 0 aliphatic carbocycles. The van der Waals surface area contributed by atoms with Gasteiger partial charge in [0, 0.05) is 18.6 Å². The molecule has 0 aliphatic rings. The minimum absolute atomic E-state index is 0.555. The van der Waals surface area contributed by atoms with Gasteiger partial charge in [-0.2, -0.15) is 0 Å². The zero-order valence-electron chi connectivity index (χ0n) is 17.0. The largest absolute Gasteiger partial charge is 0.364 e. The lowest BCUT2D eigenvalue weighted by Crippen LogP contribution is -2.06. The Morgan fingerprint density at radius 1 is 0.839 bits per heavy atom. The molecule has 0 radical (unpaired) electrons. The predicted octanol–water partition coefficient (Wildman–Crippen LogP) is 5.07. The van der Waals surface area contributed by atoms with Gasteiger partial charge in [-0.25, -0.2) is 19.9 Å². The Hall–Kier alpha value is -4.19. The highest BCUT2D eigenvalue weighted by atomic mass is 15.0. The Kier molecular flexibility index (Phi) is 5.02. The molecule has 2 aromatic carbocycles. The van der Waals surface area contributed by atoms with Gasteiger partial charge in [0.05, 0.1) is 28.7 Å². The highest BCUT2D eigenvalue weighted by Crippen LogP contribution is 2.34. The molecular weight excluding hydrogens is 384 g/mol. The molecule has 31 heavy (non-hydrogen) atoms. The fourth-order valence-electron chi connectivity index (χ4n) is 3.58. The minimum atomic E-state index is 0.555. The molecule has 0 atom stereocenters. The number of fused-ring (bicyclic) bond motifs is 1. The van der Waals surface area contributed by atoms with Crippen molar-refractivity contribution in [3.05, 3.63) is 96.8 Å². The topological polar surface area (TPSA) is 76.5 Å². The molecular formula is C25H20N6. The number of benzene rings is 2. The third-order valence-electron chi connectivity index (χ3n) is 5.03. The summed E-state index contributed by atoms with van der Waals surface area (Å²) in [5.41, 5.74) is 5.98. The van der Waals surface area contributed by atoms with Gasteiger partial charge >= 0.3 is 0 Å². The zero-order chi connectivity index (χ0) is 21.0. The van der Waals surface area contributed by atoms with E-state index >= 15 is 0 Å². The number of hydrogen-bond acceptors (Lipinski definition) is 6. The van der Waals surface area contributed by atoms with Crippen molar-refractivity contribution in [2.45, 2.75) is 13.5 Å². The van der Waals surface area contributed by atoms with Crippen LogP contribution >= 0.6 is 0 Å². The third kappa shape index (κ3) is 3.96. The molecule has 3 aromatic heterocycles. The van der Waals surface area contributed by atoms with Crippen LogP contribution in [0.3, 0.4) is 0 Å². The summed E-state index contributed by atoms with van der Waals surface area (Å²) in [6.07, 6.45) is 6.74. The van der Waals surface area contributed by atoms with Gasteiger partial charge in [0.25, 0.3) is 0 Å². The van der Waals surface area contributed by atoms with Crippen LogP contribution in [0.25, 0.3) is 33.4 Å². The highest BCUT2D eigenvalue weighted by molar-refractivity contribution is 6.02.